The van der Waals surface area contributed by atoms with E-state index in [1.807, 2.05) is 6.92 Å². The first kappa shape index (κ1) is 16.0. The molecule has 0 amide bonds. The van der Waals surface area contributed by atoms with Crippen molar-refractivity contribution in [2.24, 2.45) is 0 Å². The zero-order chi connectivity index (χ0) is 15.1. The molecular formula is C13H22N4O3. The van der Waals surface area contributed by atoms with Crippen LogP contribution in [0.2, 0.25) is 0 Å². The first-order valence-corrected chi connectivity index (χ1v) is 6.66. The number of unbranched alkanes of at least 4 members (excludes halogenated alkanes) is 1. The van der Waals surface area contributed by atoms with Gasteiger partial charge in [-0.15, -0.1) is 6.58 Å². The first-order chi connectivity index (χ1) is 9.56. The molecule has 112 valence electrons. The molecule has 0 radical (unpaired) electrons. The number of nitrogens with zero attached hydrogens (tertiary/aromatic N) is 2. The van der Waals surface area contributed by atoms with E-state index in [9.17, 15) is 9.59 Å². The van der Waals surface area contributed by atoms with E-state index >= 15 is 0 Å². The van der Waals surface area contributed by atoms with Gasteiger partial charge < -0.3 is 15.7 Å². The lowest BCUT2D eigenvalue weighted by Gasteiger charge is -2.24. The number of anilines is 2. The van der Waals surface area contributed by atoms with Crippen LogP contribution < -0.4 is 21.9 Å². The Labute approximate surface area is 117 Å². The summed E-state index contributed by atoms with van der Waals surface area (Å²) in [5.41, 5.74) is 5.12. The van der Waals surface area contributed by atoms with Crippen LogP contribution in [0.1, 0.15) is 19.8 Å². The molecule has 1 heterocycles. The second-order valence-corrected chi connectivity index (χ2v) is 4.46. The normalized spacial score (nSPS) is 10.5. The van der Waals surface area contributed by atoms with Gasteiger partial charge in [-0.1, -0.05) is 19.4 Å². The smallest absolute Gasteiger partial charge is 0.330 e. The summed E-state index contributed by atoms with van der Waals surface area (Å²) in [7, 11) is 0. The number of nitrogens with one attached hydrogen (secondary N) is 1. The quantitative estimate of drug-likeness (QED) is 0.578. The molecule has 0 saturated heterocycles. The summed E-state index contributed by atoms with van der Waals surface area (Å²) in [5, 5.41) is 9.07. The molecule has 0 bridgehead atoms. The summed E-state index contributed by atoms with van der Waals surface area (Å²) in [6, 6.07) is 0. The molecule has 7 nitrogen and oxygen atoms in total. The minimum Gasteiger partial charge on any atom is -0.395 e. The molecule has 0 fully saturated rings. The largest absolute Gasteiger partial charge is 0.395 e. The molecule has 0 saturated carbocycles. The lowest BCUT2D eigenvalue weighted by molar-refractivity contribution is 0.303. The van der Waals surface area contributed by atoms with Crippen LogP contribution in [0.25, 0.3) is 0 Å². The fraction of sp³-hybridized carbons (Fsp3) is 0.538. The van der Waals surface area contributed by atoms with Crippen molar-refractivity contribution in [2.45, 2.75) is 26.3 Å². The Kier molecular flexibility index (Phi) is 6.05. The average molecular weight is 282 g/mol. The number of aliphatic hydroxyl groups excluding tert-OH is 1. The van der Waals surface area contributed by atoms with E-state index in [0.717, 1.165) is 12.8 Å². The highest BCUT2D eigenvalue weighted by molar-refractivity contribution is 5.62. The maximum atomic E-state index is 12.0. The summed E-state index contributed by atoms with van der Waals surface area (Å²) in [6.45, 7) is 6.54. The number of aromatic amines is 1. The summed E-state index contributed by atoms with van der Waals surface area (Å²) < 4.78 is 1.35. The van der Waals surface area contributed by atoms with Crippen LogP contribution in [0.15, 0.2) is 22.2 Å². The monoisotopic (exact) mass is 282 g/mol. The van der Waals surface area contributed by atoms with Crippen LogP contribution in [0.4, 0.5) is 11.5 Å². The third kappa shape index (κ3) is 3.51. The van der Waals surface area contributed by atoms with Crippen molar-refractivity contribution in [1.82, 2.24) is 9.55 Å². The highest BCUT2D eigenvalue weighted by Crippen LogP contribution is 2.16. The van der Waals surface area contributed by atoms with Gasteiger partial charge in [0.1, 0.15) is 11.5 Å². The van der Waals surface area contributed by atoms with E-state index in [2.05, 4.69) is 11.6 Å². The SMILES string of the molecule is C=CCN(CCO)c1c(N)n(CCCC)c(=O)[nH]c1=O. The standard InChI is InChI=1S/C13H22N4O3/c1-3-5-7-17-11(14)10(12(19)15-13(17)20)16(6-4-2)8-9-18/h4,18H,2-3,5-9,14H2,1H3,(H,15,19,20). The van der Waals surface area contributed by atoms with Gasteiger partial charge in [0.2, 0.25) is 0 Å². The number of hydrogen-bond acceptors (Lipinski definition) is 5. The molecule has 1 rings (SSSR count). The summed E-state index contributed by atoms with van der Waals surface area (Å²) >= 11 is 0. The number of aliphatic hydroxyl groups is 1. The van der Waals surface area contributed by atoms with Crippen LogP contribution in [-0.2, 0) is 6.54 Å². The Balaban J connectivity index is 3.33. The Morgan fingerprint density at radius 2 is 2.20 bits per heavy atom. The van der Waals surface area contributed by atoms with Crippen molar-refractivity contribution in [3.8, 4) is 0 Å². The number of H-pyrrole nitrogens is 1. The van der Waals surface area contributed by atoms with Crippen molar-refractivity contribution >= 4 is 11.5 Å². The third-order valence-corrected chi connectivity index (χ3v) is 2.99. The Hall–Kier alpha value is -2.02. The lowest BCUT2D eigenvalue weighted by Crippen LogP contribution is -2.39. The molecule has 0 unspecified atom stereocenters. The van der Waals surface area contributed by atoms with Crippen molar-refractivity contribution in [2.75, 3.05) is 30.3 Å². The number of nitrogen functional groups attached to an aromatic ring is 1. The predicted molar refractivity (Wildman–Crippen MR) is 80.1 cm³/mol. The van der Waals surface area contributed by atoms with Crippen LogP contribution in [0.5, 0.6) is 0 Å². The average Bonchev–Trinajstić information content (AvgIpc) is 2.38. The first-order valence-electron chi connectivity index (χ1n) is 6.66. The predicted octanol–water partition coefficient (Wildman–Crippen LogP) is -0.0964. The van der Waals surface area contributed by atoms with E-state index in [4.69, 9.17) is 10.8 Å². The van der Waals surface area contributed by atoms with E-state index in [1.54, 1.807) is 11.0 Å². The van der Waals surface area contributed by atoms with Gasteiger partial charge in [-0.25, -0.2) is 4.79 Å². The van der Waals surface area contributed by atoms with Gasteiger partial charge in [0.25, 0.3) is 5.56 Å². The van der Waals surface area contributed by atoms with Crippen molar-refractivity contribution < 1.29 is 5.11 Å². The van der Waals surface area contributed by atoms with Gasteiger partial charge in [-0.05, 0) is 6.42 Å². The third-order valence-electron chi connectivity index (χ3n) is 2.99. The molecular weight excluding hydrogens is 260 g/mol. The van der Waals surface area contributed by atoms with Gasteiger partial charge >= 0.3 is 5.69 Å². The molecule has 0 aliphatic rings. The lowest BCUT2D eigenvalue weighted by atomic mass is 10.3. The molecule has 1 aromatic rings. The molecule has 4 N–H and O–H groups in total. The molecule has 0 aliphatic carbocycles. The maximum Gasteiger partial charge on any atom is 0.330 e. The second-order valence-electron chi connectivity index (χ2n) is 4.46. The summed E-state index contributed by atoms with van der Waals surface area (Å²) in [5.74, 6) is 0.127. The van der Waals surface area contributed by atoms with Crippen molar-refractivity contribution in [3.05, 3.63) is 33.5 Å². The zero-order valence-electron chi connectivity index (χ0n) is 11.8. The maximum absolute atomic E-state index is 12.0. The van der Waals surface area contributed by atoms with Crippen LogP contribution >= 0.6 is 0 Å². The van der Waals surface area contributed by atoms with Gasteiger partial charge in [0.15, 0.2) is 0 Å². The van der Waals surface area contributed by atoms with Crippen LogP contribution in [0.3, 0.4) is 0 Å². The summed E-state index contributed by atoms with van der Waals surface area (Å²) in [6.07, 6.45) is 3.31. The fourth-order valence-corrected chi connectivity index (χ4v) is 1.99. The van der Waals surface area contributed by atoms with Crippen LogP contribution in [-0.4, -0.2) is 34.4 Å². The zero-order valence-corrected chi connectivity index (χ0v) is 11.8. The van der Waals surface area contributed by atoms with Gasteiger partial charge in [-0.2, -0.15) is 0 Å². The van der Waals surface area contributed by atoms with Crippen LogP contribution in [0, 0.1) is 0 Å². The number of hydrogen-bond donors (Lipinski definition) is 3. The minimum atomic E-state index is -0.546. The van der Waals surface area contributed by atoms with Gasteiger partial charge in [0.05, 0.1) is 6.61 Å². The number of nitrogens with two attached hydrogens (primary N) is 1. The topological polar surface area (TPSA) is 104 Å². The molecule has 0 aromatic carbocycles. The van der Waals surface area contributed by atoms with Crippen molar-refractivity contribution in [3.63, 3.8) is 0 Å². The molecule has 7 heteroatoms. The molecule has 0 aliphatic heterocycles. The Morgan fingerprint density at radius 3 is 2.75 bits per heavy atom. The molecule has 0 spiro atoms. The van der Waals surface area contributed by atoms with E-state index < -0.39 is 11.2 Å². The summed E-state index contributed by atoms with van der Waals surface area (Å²) in [4.78, 5) is 27.6. The second kappa shape index (κ2) is 7.54. The van der Waals surface area contributed by atoms with Gasteiger partial charge in [-0.3, -0.25) is 14.3 Å². The molecule has 0 atom stereocenters. The number of aromatic nitrogens is 2. The van der Waals surface area contributed by atoms with E-state index in [-0.39, 0.29) is 24.7 Å². The Bertz CT molecular complexity index is 562. The Morgan fingerprint density at radius 1 is 1.50 bits per heavy atom. The van der Waals surface area contributed by atoms with E-state index in [0.29, 0.717) is 13.1 Å². The molecule has 20 heavy (non-hydrogen) atoms. The minimum absolute atomic E-state index is 0.124. The van der Waals surface area contributed by atoms with E-state index in [1.165, 1.54) is 4.57 Å². The highest BCUT2D eigenvalue weighted by Gasteiger charge is 2.17. The fourth-order valence-electron chi connectivity index (χ4n) is 1.99. The highest BCUT2D eigenvalue weighted by atomic mass is 16.3. The molecule has 1 aromatic heterocycles. The number of rotatable bonds is 8. The van der Waals surface area contributed by atoms with Gasteiger partial charge in [0, 0.05) is 19.6 Å². The van der Waals surface area contributed by atoms with Crippen molar-refractivity contribution in [1.29, 1.82) is 0 Å².